The standard InChI is InChI=1S/C16H31NO/c1-2-11-17-13-16(10-7-12-18-14-16)15-8-5-3-4-6-9-15/h15,17H,2-14H2,1H3. The zero-order chi connectivity index (χ0) is 12.7. The summed E-state index contributed by atoms with van der Waals surface area (Å²) in [5.41, 5.74) is 0.456. The predicted octanol–water partition coefficient (Wildman–Crippen LogP) is 3.75. The largest absolute Gasteiger partial charge is 0.381 e. The van der Waals surface area contributed by atoms with Crippen LogP contribution in [0, 0.1) is 11.3 Å². The first-order valence-electron chi connectivity index (χ1n) is 8.16. The Balaban J connectivity index is 1.97. The average molecular weight is 253 g/mol. The quantitative estimate of drug-likeness (QED) is 0.595. The van der Waals surface area contributed by atoms with E-state index in [2.05, 4.69) is 12.2 Å². The van der Waals surface area contributed by atoms with Crippen LogP contribution in [0.25, 0.3) is 0 Å². The predicted molar refractivity (Wildman–Crippen MR) is 76.8 cm³/mol. The Labute approximate surface area is 113 Å². The molecule has 2 nitrogen and oxygen atoms in total. The summed E-state index contributed by atoms with van der Waals surface area (Å²) in [6.45, 7) is 6.60. The van der Waals surface area contributed by atoms with E-state index in [9.17, 15) is 0 Å². The van der Waals surface area contributed by atoms with Crippen molar-refractivity contribution in [3.05, 3.63) is 0 Å². The van der Waals surface area contributed by atoms with Gasteiger partial charge in [0, 0.05) is 18.6 Å². The van der Waals surface area contributed by atoms with Crippen LogP contribution in [-0.4, -0.2) is 26.3 Å². The summed E-state index contributed by atoms with van der Waals surface area (Å²) in [7, 11) is 0. The van der Waals surface area contributed by atoms with Crippen molar-refractivity contribution in [2.45, 2.75) is 64.7 Å². The van der Waals surface area contributed by atoms with E-state index in [0.717, 1.165) is 25.7 Å². The van der Waals surface area contributed by atoms with Gasteiger partial charge in [-0.05, 0) is 44.6 Å². The van der Waals surface area contributed by atoms with Crippen LogP contribution in [0.3, 0.4) is 0 Å². The van der Waals surface area contributed by atoms with Crippen molar-refractivity contribution < 1.29 is 4.74 Å². The lowest BCUT2D eigenvalue weighted by Crippen LogP contribution is -2.46. The van der Waals surface area contributed by atoms with Crippen LogP contribution in [0.2, 0.25) is 0 Å². The molecule has 2 heteroatoms. The number of nitrogens with one attached hydrogen (secondary N) is 1. The van der Waals surface area contributed by atoms with Gasteiger partial charge in [0.05, 0.1) is 6.61 Å². The Hall–Kier alpha value is -0.0800. The van der Waals surface area contributed by atoms with Crippen LogP contribution in [0.4, 0.5) is 0 Å². The minimum absolute atomic E-state index is 0.456. The maximum absolute atomic E-state index is 5.87. The van der Waals surface area contributed by atoms with Gasteiger partial charge in [0.2, 0.25) is 0 Å². The van der Waals surface area contributed by atoms with Gasteiger partial charge in [0.1, 0.15) is 0 Å². The molecule has 1 saturated heterocycles. The Morgan fingerprint density at radius 2 is 1.89 bits per heavy atom. The molecule has 0 radical (unpaired) electrons. The van der Waals surface area contributed by atoms with E-state index in [0.29, 0.717) is 5.41 Å². The van der Waals surface area contributed by atoms with Crippen molar-refractivity contribution in [2.75, 3.05) is 26.3 Å². The summed E-state index contributed by atoms with van der Waals surface area (Å²) >= 11 is 0. The minimum atomic E-state index is 0.456. The van der Waals surface area contributed by atoms with Crippen LogP contribution in [0.5, 0.6) is 0 Å². The van der Waals surface area contributed by atoms with E-state index in [1.54, 1.807) is 0 Å². The molecule has 1 aliphatic carbocycles. The SMILES string of the molecule is CCCNCC1(C2CCCCCC2)CCCOC1. The van der Waals surface area contributed by atoms with E-state index >= 15 is 0 Å². The van der Waals surface area contributed by atoms with Gasteiger partial charge >= 0.3 is 0 Å². The summed E-state index contributed by atoms with van der Waals surface area (Å²) in [6, 6.07) is 0. The molecular formula is C16H31NO. The van der Waals surface area contributed by atoms with Crippen LogP contribution in [0.1, 0.15) is 64.7 Å². The van der Waals surface area contributed by atoms with E-state index in [1.807, 2.05) is 0 Å². The molecule has 1 N–H and O–H groups in total. The van der Waals surface area contributed by atoms with Gasteiger partial charge in [-0.1, -0.05) is 32.6 Å². The molecule has 1 aliphatic heterocycles. The number of ether oxygens (including phenoxy) is 1. The molecule has 1 atom stereocenters. The molecule has 2 rings (SSSR count). The Kier molecular flexibility index (Phi) is 5.97. The topological polar surface area (TPSA) is 21.3 Å². The maximum Gasteiger partial charge on any atom is 0.0537 e. The lowest BCUT2D eigenvalue weighted by atomic mass is 9.68. The summed E-state index contributed by atoms with van der Waals surface area (Å²) in [6.07, 6.45) is 12.6. The Morgan fingerprint density at radius 3 is 2.50 bits per heavy atom. The third kappa shape index (κ3) is 3.71. The number of hydrogen-bond acceptors (Lipinski definition) is 2. The summed E-state index contributed by atoms with van der Waals surface area (Å²) in [5, 5.41) is 3.68. The van der Waals surface area contributed by atoms with Crippen molar-refractivity contribution in [2.24, 2.45) is 11.3 Å². The maximum atomic E-state index is 5.87. The molecule has 0 bridgehead atoms. The summed E-state index contributed by atoms with van der Waals surface area (Å²) in [5.74, 6) is 0.907. The molecule has 2 fully saturated rings. The highest BCUT2D eigenvalue weighted by molar-refractivity contribution is 4.91. The fourth-order valence-corrected chi connectivity index (χ4v) is 3.89. The molecule has 0 amide bonds. The molecule has 0 aromatic carbocycles. The first-order valence-corrected chi connectivity index (χ1v) is 8.16. The highest BCUT2D eigenvalue weighted by Crippen LogP contribution is 2.42. The minimum Gasteiger partial charge on any atom is -0.381 e. The molecule has 0 aromatic rings. The van der Waals surface area contributed by atoms with Crippen molar-refractivity contribution in [1.82, 2.24) is 5.32 Å². The third-order valence-electron chi connectivity index (χ3n) is 4.98. The van der Waals surface area contributed by atoms with E-state index in [4.69, 9.17) is 4.74 Å². The number of rotatable bonds is 5. The second kappa shape index (κ2) is 7.49. The van der Waals surface area contributed by atoms with Crippen molar-refractivity contribution in [3.63, 3.8) is 0 Å². The molecule has 1 saturated carbocycles. The van der Waals surface area contributed by atoms with Crippen LogP contribution in [0.15, 0.2) is 0 Å². The lowest BCUT2D eigenvalue weighted by molar-refractivity contribution is -0.0456. The fraction of sp³-hybridized carbons (Fsp3) is 1.00. The van der Waals surface area contributed by atoms with Gasteiger partial charge in [-0.25, -0.2) is 0 Å². The molecular weight excluding hydrogens is 222 g/mol. The lowest BCUT2D eigenvalue weighted by Gasteiger charge is -2.43. The molecule has 0 aromatic heterocycles. The molecule has 0 spiro atoms. The van der Waals surface area contributed by atoms with Gasteiger partial charge in [0.25, 0.3) is 0 Å². The molecule has 1 heterocycles. The van der Waals surface area contributed by atoms with Gasteiger partial charge < -0.3 is 10.1 Å². The molecule has 18 heavy (non-hydrogen) atoms. The van der Waals surface area contributed by atoms with Crippen LogP contribution in [-0.2, 0) is 4.74 Å². The second-order valence-electron chi connectivity index (χ2n) is 6.38. The highest BCUT2D eigenvalue weighted by Gasteiger charge is 2.39. The van der Waals surface area contributed by atoms with Crippen LogP contribution < -0.4 is 5.32 Å². The Morgan fingerprint density at radius 1 is 1.11 bits per heavy atom. The zero-order valence-electron chi connectivity index (χ0n) is 12.2. The summed E-state index contributed by atoms with van der Waals surface area (Å²) < 4.78 is 5.87. The van der Waals surface area contributed by atoms with Crippen molar-refractivity contribution >= 4 is 0 Å². The second-order valence-corrected chi connectivity index (χ2v) is 6.38. The Bertz CT molecular complexity index is 215. The first-order chi connectivity index (χ1) is 8.87. The van der Waals surface area contributed by atoms with E-state index in [1.165, 1.54) is 64.3 Å². The summed E-state index contributed by atoms with van der Waals surface area (Å²) in [4.78, 5) is 0. The molecule has 1 unspecified atom stereocenters. The van der Waals surface area contributed by atoms with Crippen molar-refractivity contribution in [3.8, 4) is 0 Å². The zero-order valence-corrected chi connectivity index (χ0v) is 12.2. The fourth-order valence-electron chi connectivity index (χ4n) is 3.89. The van der Waals surface area contributed by atoms with Gasteiger partial charge in [0.15, 0.2) is 0 Å². The first kappa shape index (κ1) is 14.3. The van der Waals surface area contributed by atoms with Gasteiger partial charge in [-0.2, -0.15) is 0 Å². The molecule has 2 aliphatic rings. The third-order valence-corrected chi connectivity index (χ3v) is 4.98. The van der Waals surface area contributed by atoms with E-state index < -0.39 is 0 Å². The average Bonchev–Trinajstić information content (AvgIpc) is 2.69. The van der Waals surface area contributed by atoms with Crippen molar-refractivity contribution in [1.29, 1.82) is 0 Å². The van der Waals surface area contributed by atoms with E-state index in [-0.39, 0.29) is 0 Å². The van der Waals surface area contributed by atoms with Gasteiger partial charge in [-0.15, -0.1) is 0 Å². The smallest absolute Gasteiger partial charge is 0.0537 e. The normalized spacial score (nSPS) is 31.2. The monoisotopic (exact) mass is 253 g/mol. The van der Waals surface area contributed by atoms with Crippen LogP contribution >= 0.6 is 0 Å². The van der Waals surface area contributed by atoms with Gasteiger partial charge in [-0.3, -0.25) is 0 Å². The highest BCUT2D eigenvalue weighted by atomic mass is 16.5. The number of hydrogen-bond donors (Lipinski definition) is 1. The molecule has 106 valence electrons.